The molecule has 0 atom stereocenters. The molecule has 1 aromatic carbocycles. The molecule has 3 heteroatoms. The number of nitrogens with two attached hydrogens (primary N) is 1. The highest BCUT2D eigenvalue weighted by atomic mass is 31.2. The summed E-state index contributed by atoms with van der Waals surface area (Å²) < 4.78 is 26.0. The zero-order chi connectivity index (χ0) is 12.6. The number of hydrogen-bond acceptors (Lipinski definition) is 2. The zero-order valence-corrected chi connectivity index (χ0v) is 9.06. The minimum atomic E-state index is -2.46. The van der Waals surface area contributed by atoms with Crippen molar-refractivity contribution >= 4 is 18.3 Å². The average molecular weight is 201 g/mol. The molecule has 0 heterocycles. The third kappa shape index (κ3) is 2.35. The van der Waals surface area contributed by atoms with Gasteiger partial charge in [-0.15, -0.1) is 0 Å². The summed E-state index contributed by atoms with van der Waals surface area (Å²) in [7, 11) is -3.65. The van der Waals surface area contributed by atoms with Crippen LogP contribution in [0.4, 0.5) is 5.69 Å². The van der Waals surface area contributed by atoms with Gasteiger partial charge in [-0.1, -0.05) is 0 Å². The maximum Gasteiger partial charge on any atom is 0.145 e. The second-order valence-electron chi connectivity index (χ2n) is 3.84. The van der Waals surface area contributed by atoms with Crippen molar-refractivity contribution in [2.75, 3.05) is 32.8 Å². The van der Waals surface area contributed by atoms with Gasteiger partial charge >= 0.3 is 0 Å². The first-order valence-corrected chi connectivity index (χ1v) is 7.13. The Kier molecular flexibility index (Phi) is 1.82. The molecule has 1 aromatic rings. The molecule has 0 spiro atoms. The number of hydrogen-bond donors (Lipinski definition) is 1. The third-order valence-corrected chi connectivity index (χ3v) is 3.71. The Hall–Kier alpha value is -0.750. The molecule has 2 N–H and O–H groups in total. The molecule has 0 bridgehead atoms. The van der Waals surface area contributed by atoms with Crippen molar-refractivity contribution < 1.29 is 8.85 Å². The lowest BCUT2D eigenvalue weighted by molar-refractivity contribution is 0.417. The highest BCUT2D eigenvalue weighted by Crippen LogP contribution is 2.45. The van der Waals surface area contributed by atoms with Gasteiger partial charge in [0.25, 0.3) is 0 Å². The molecule has 0 aliphatic rings. The quantitative estimate of drug-likeness (QED) is 0.585. The van der Waals surface area contributed by atoms with Crippen LogP contribution >= 0.6 is 7.26 Å². The molecule has 0 aliphatic heterocycles. The van der Waals surface area contributed by atoms with E-state index in [-0.39, 0.29) is 5.75 Å². The van der Waals surface area contributed by atoms with Gasteiger partial charge in [0.2, 0.25) is 0 Å². The molecule has 0 saturated carbocycles. The summed E-state index contributed by atoms with van der Waals surface area (Å²) >= 11 is 0. The Morgan fingerprint density at radius 3 is 2.62 bits per heavy atom. The first-order valence-electron chi connectivity index (χ1n) is 5.50. The fourth-order valence-electron chi connectivity index (χ4n) is 1.03. The highest BCUT2D eigenvalue weighted by molar-refractivity contribution is 7.80. The van der Waals surface area contributed by atoms with Crippen LogP contribution in [0.3, 0.4) is 0 Å². The van der Waals surface area contributed by atoms with Crippen molar-refractivity contribution in [2.24, 2.45) is 0 Å². The van der Waals surface area contributed by atoms with E-state index in [4.69, 9.17) is 14.6 Å². The molecule has 1 rings (SSSR count). The van der Waals surface area contributed by atoms with Crippen molar-refractivity contribution in [3.8, 4) is 5.75 Å². The normalized spacial score (nSPS) is 15.8. The molecular weight excluding hydrogens is 181 g/mol. The SMILES string of the molecule is [2H]C([2H])([2H])Oc1cc([P+](C)(C)C)ccc1N. The van der Waals surface area contributed by atoms with Crippen LogP contribution in [0.25, 0.3) is 0 Å². The smallest absolute Gasteiger partial charge is 0.145 e. The van der Waals surface area contributed by atoms with Gasteiger partial charge in [-0.25, -0.2) is 0 Å². The van der Waals surface area contributed by atoms with Crippen molar-refractivity contribution in [3.63, 3.8) is 0 Å². The van der Waals surface area contributed by atoms with Gasteiger partial charge in [0.05, 0.1) is 42.1 Å². The summed E-state index contributed by atoms with van der Waals surface area (Å²) in [5.41, 5.74) is 6.03. The van der Waals surface area contributed by atoms with Crippen molar-refractivity contribution in [1.29, 1.82) is 0 Å². The fraction of sp³-hybridized carbons (Fsp3) is 0.400. The molecule has 0 aliphatic carbocycles. The summed E-state index contributed by atoms with van der Waals surface area (Å²) in [5.74, 6) is 0.243. The largest absolute Gasteiger partial charge is 0.494 e. The molecule has 0 amide bonds. The number of nitrogen functional groups attached to an aromatic ring is 1. The van der Waals surface area contributed by atoms with E-state index in [2.05, 4.69) is 20.0 Å². The number of ether oxygens (including phenoxy) is 1. The predicted octanol–water partition coefficient (Wildman–Crippen LogP) is 1.81. The van der Waals surface area contributed by atoms with Crippen molar-refractivity contribution in [3.05, 3.63) is 18.2 Å². The van der Waals surface area contributed by atoms with Crippen LogP contribution in [-0.4, -0.2) is 27.0 Å². The molecule has 0 saturated heterocycles. The van der Waals surface area contributed by atoms with E-state index in [1.165, 1.54) is 0 Å². The number of anilines is 1. The van der Waals surface area contributed by atoms with Crippen LogP contribution in [0.1, 0.15) is 4.11 Å². The Morgan fingerprint density at radius 1 is 1.38 bits per heavy atom. The van der Waals surface area contributed by atoms with Crippen LogP contribution in [0.2, 0.25) is 0 Å². The van der Waals surface area contributed by atoms with Gasteiger partial charge in [0.15, 0.2) is 0 Å². The maximum absolute atomic E-state index is 7.06. The lowest BCUT2D eigenvalue weighted by Gasteiger charge is -2.13. The first-order chi connectivity index (χ1) is 7.09. The van der Waals surface area contributed by atoms with Crippen LogP contribution in [0.5, 0.6) is 5.75 Å². The average Bonchev–Trinajstić information content (AvgIpc) is 2.04. The Bertz CT molecular complexity index is 385. The van der Waals surface area contributed by atoms with Crippen LogP contribution in [0, 0.1) is 0 Å². The Labute approximate surface area is 84.6 Å². The second kappa shape index (κ2) is 3.55. The first kappa shape index (κ1) is 6.67. The predicted molar refractivity (Wildman–Crippen MR) is 61.7 cm³/mol. The minimum absolute atomic E-state index is 0.243. The standard InChI is InChI=1S/C10H17NOP/c1-12-10-7-8(13(2,3)4)5-6-9(10)11/h5-7H,11H2,1-4H3/q+1/i1D3. The van der Waals surface area contributed by atoms with Crippen LogP contribution in [-0.2, 0) is 0 Å². The third-order valence-electron chi connectivity index (χ3n) is 1.88. The summed E-state index contributed by atoms with van der Waals surface area (Å²) in [4.78, 5) is 0. The van der Waals surface area contributed by atoms with E-state index in [0.717, 1.165) is 5.30 Å². The van der Waals surface area contributed by atoms with Gasteiger partial charge in [0.1, 0.15) is 5.75 Å². The van der Waals surface area contributed by atoms with Crippen molar-refractivity contribution in [2.45, 2.75) is 0 Å². The van der Waals surface area contributed by atoms with Gasteiger partial charge in [-0.05, 0) is 12.1 Å². The topological polar surface area (TPSA) is 35.2 Å². The number of rotatable bonds is 2. The van der Waals surface area contributed by atoms with Crippen LogP contribution < -0.4 is 15.8 Å². The lowest BCUT2D eigenvalue weighted by Crippen LogP contribution is -2.09. The number of methoxy groups -OCH3 is 1. The highest BCUT2D eigenvalue weighted by Gasteiger charge is 2.22. The van der Waals surface area contributed by atoms with Gasteiger partial charge < -0.3 is 10.5 Å². The summed E-state index contributed by atoms with van der Waals surface area (Å²) in [5, 5.41) is 1.10. The molecule has 0 unspecified atom stereocenters. The Morgan fingerprint density at radius 2 is 2.08 bits per heavy atom. The van der Waals surface area contributed by atoms with Crippen LogP contribution in [0.15, 0.2) is 18.2 Å². The van der Waals surface area contributed by atoms with E-state index in [1.807, 2.05) is 6.07 Å². The minimum Gasteiger partial charge on any atom is -0.494 e. The monoisotopic (exact) mass is 201 g/mol. The van der Waals surface area contributed by atoms with E-state index < -0.39 is 14.3 Å². The zero-order valence-electron chi connectivity index (χ0n) is 11.2. The molecule has 0 radical (unpaired) electrons. The maximum atomic E-state index is 7.06. The van der Waals surface area contributed by atoms with E-state index in [1.54, 1.807) is 12.1 Å². The number of benzene rings is 1. The van der Waals surface area contributed by atoms with E-state index in [0.29, 0.717) is 5.69 Å². The lowest BCUT2D eigenvalue weighted by atomic mass is 10.3. The summed E-state index contributed by atoms with van der Waals surface area (Å²) in [6.45, 7) is 6.45. The fourth-order valence-corrected chi connectivity index (χ4v) is 2.05. The molecule has 2 nitrogen and oxygen atoms in total. The summed E-state index contributed by atoms with van der Waals surface area (Å²) in [6.07, 6.45) is 0. The molecule has 13 heavy (non-hydrogen) atoms. The summed E-state index contributed by atoms with van der Waals surface area (Å²) in [6, 6.07) is 5.35. The molecule has 0 fully saturated rings. The second-order valence-corrected chi connectivity index (χ2v) is 8.38. The van der Waals surface area contributed by atoms with Gasteiger partial charge in [0, 0.05) is 13.3 Å². The van der Waals surface area contributed by atoms with Gasteiger partial charge in [-0.3, -0.25) is 0 Å². The van der Waals surface area contributed by atoms with Gasteiger partial charge in [-0.2, -0.15) is 0 Å². The van der Waals surface area contributed by atoms with E-state index in [9.17, 15) is 0 Å². The Balaban J connectivity index is 3.10. The molecule has 0 aromatic heterocycles. The molecular formula is C10H17NOP+. The molecule has 72 valence electrons. The van der Waals surface area contributed by atoms with Crippen molar-refractivity contribution in [1.82, 2.24) is 0 Å². The van der Waals surface area contributed by atoms with E-state index >= 15 is 0 Å².